The van der Waals surface area contributed by atoms with E-state index in [2.05, 4.69) is 18.3 Å². The lowest BCUT2D eigenvalue weighted by atomic mass is 9.98. The average Bonchev–Trinajstić information content (AvgIpc) is 2.46. The van der Waals surface area contributed by atoms with E-state index in [4.69, 9.17) is 34.8 Å². The molecule has 21 heavy (non-hydrogen) atoms. The maximum atomic E-state index is 6.34. The third kappa shape index (κ3) is 4.62. The van der Waals surface area contributed by atoms with Crippen LogP contribution in [0, 0.1) is 0 Å². The summed E-state index contributed by atoms with van der Waals surface area (Å²) in [6.45, 7) is 3.08. The first-order chi connectivity index (χ1) is 10.1. The molecule has 0 radical (unpaired) electrons. The molecule has 1 N–H and O–H groups in total. The summed E-state index contributed by atoms with van der Waals surface area (Å²) in [7, 11) is 0. The highest BCUT2D eigenvalue weighted by atomic mass is 35.5. The topological polar surface area (TPSA) is 12.0 Å². The molecule has 0 saturated heterocycles. The standard InChI is InChI=1S/C17H18Cl3N/c1-2-9-21-17(14-5-3-4-6-15(14)19)10-12-7-8-13(18)11-16(12)20/h3-8,11,17,21H,2,9-10H2,1H3. The third-order valence-corrected chi connectivity index (χ3v) is 4.29. The highest BCUT2D eigenvalue weighted by molar-refractivity contribution is 6.35. The van der Waals surface area contributed by atoms with Crippen molar-refractivity contribution in [2.45, 2.75) is 25.8 Å². The van der Waals surface area contributed by atoms with Gasteiger partial charge in [0.2, 0.25) is 0 Å². The van der Waals surface area contributed by atoms with Gasteiger partial charge in [-0.3, -0.25) is 0 Å². The van der Waals surface area contributed by atoms with Gasteiger partial charge in [-0.25, -0.2) is 0 Å². The van der Waals surface area contributed by atoms with E-state index in [9.17, 15) is 0 Å². The van der Waals surface area contributed by atoms with Crippen molar-refractivity contribution >= 4 is 34.8 Å². The van der Waals surface area contributed by atoms with Crippen molar-refractivity contribution in [2.24, 2.45) is 0 Å². The maximum absolute atomic E-state index is 6.34. The average molecular weight is 343 g/mol. The van der Waals surface area contributed by atoms with Crippen LogP contribution in [0.4, 0.5) is 0 Å². The number of rotatable bonds is 6. The lowest BCUT2D eigenvalue weighted by molar-refractivity contribution is 0.529. The second-order valence-electron chi connectivity index (χ2n) is 4.97. The van der Waals surface area contributed by atoms with Gasteiger partial charge in [0.15, 0.2) is 0 Å². The molecule has 4 heteroatoms. The van der Waals surface area contributed by atoms with Crippen LogP contribution in [0.15, 0.2) is 42.5 Å². The van der Waals surface area contributed by atoms with Gasteiger partial charge < -0.3 is 5.32 Å². The van der Waals surface area contributed by atoms with Gasteiger partial charge in [0, 0.05) is 21.1 Å². The third-order valence-electron chi connectivity index (χ3n) is 3.36. The van der Waals surface area contributed by atoms with E-state index in [0.717, 1.165) is 35.5 Å². The summed E-state index contributed by atoms with van der Waals surface area (Å²) in [5.41, 5.74) is 2.16. The molecule has 0 aliphatic carbocycles. The minimum Gasteiger partial charge on any atom is -0.310 e. The molecule has 2 aromatic carbocycles. The zero-order valence-electron chi connectivity index (χ0n) is 11.9. The van der Waals surface area contributed by atoms with E-state index in [1.807, 2.05) is 30.3 Å². The normalized spacial score (nSPS) is 12.4. The molecule has 1 unspecified atom stereocenters. The van der Waals surface area contributed by atoms with Gasteiger partial charge in [-0.05, 0) is 48.7 Å². The minimum absolute atomic E-state index is 0.136. The summed E-state index contributed by atoms with van der Waals surface area (Å²) in [5.74, 6) is 0. The molecular weight excluding hydrogens is 325 g/mol. The highest BCUT2D eigenvalue weighted by Gasteiger charge is 2.16. The zero-order chi connectivity index (χ0) is 15.2. The smallest absolute Gasteiger partial charge is 0.0453 e. The zero-order valence-corrected chi connectivity index (χ0v) is 14.1. The van der Waals surface area contributed by atoms with Gasteiger partial charge in [0.1, 0.15) is 0 Å². The Bertz CT molecular complexity index is 598. The maximum Gasteiger partial charge on any atom is 0.0453 e. The molecule has 1 nitrogen and oxygen atoms in total. The van der Waals surface area contributed by atoms with Gasteiger partial charge in [0.25, 0.3) is 0 Å². The molecule has 0 heterocycles. The summed E-state index contributed by atoms with van der Waals surface area (Å²) in [5, 5.41) is 5.66. The fourth-order valence-electron chi connectivity index (χ4n) is 2.28. The number of hydrogen-bond acceptors (Lipinski definition) is 1. The molecule has 2 rings (SSSR count). The van der Waals surface area contributed by atoms with Crippen LogP contribution >= 0.6 is 34.8 Å². The largest absolute Gasteiger partial charge is 0.310 e. The predicted octanol–water partition coefficient (Wildman–Crippen LogP) is 5.93. The van der Waals surface area contributed by atoms with E-state index in [1.54, 1.807) is 6.07 Å². The Balaban J connectivity index is 2.26. The van der Waals surface area contributed by atoms with Gasteiger partial charge in [0.05, 0.1) is 0 Å². The van der Waals surface area contributed by atoms with Gasteiger partial charge in [-0.1, -0.05) is 66.0 Å². The summed E-state index contributed by atoms with van der Waals surface area (Å²) >= 11 is 18.6. The van der Waals surface area contributed by atoms with Crippen LogP contribution in [0.25, 0.3) is 0 Å². The Morgan fingerprint density at radius 3 is 2.43 bits per heavy atom. The molecular formula is C17H18Cl3N. The monoisotopic (exact) mass is 341 g/mol. The van der Waals surface area contributed by atoms with Crippen LogP contribution < -0.4 is 5.32 Å². The molecule has 0 aliphatic rings. The number of nitrogens with one attached hydrogen (secondary N) is 1. The van der Waals surface area contributed by atoms with E-state index in [0.29, 0.717) is 10.0 Å². The summed E-state index contributed by atoms with van der Waals surface area (Å²) < 4.78 is 0. The fourth-order valence-corrected chi connectivity index (χ4v) is 3.03. The molecule has 0 spiro atoms. The lowest BCUT2D eigenvalue weighted by Gasteiger charge is -2.21. The first kappa shape index (κ1) is 16.6. The predicted molar refractivity (Wildman–Crippen MR) is 92.7 cm³/mol. The summed E-state index contributed by atoms with van der Waals surface area (Å²) in [4.78, 5) is 0. The number of halogens is 3. The Kier molecular flexibility index (Phi) is 6.38. The van der Waals surface area contributed by atoms with E-state index >= 15 is 0 Å². The molecule has 2 aromatic rings. The number of benzene rings is 2. The van der Waals surface area contributed by atoms with Crippen LogP contribution in [0.2, 0.25) is 15.1 Å². The van der Waals surface area contributed by atoms with Crippen molar-refractivity contribution in [3.8, 4) is 0 Å². The number of hydrogen-bond donors (Lipinski definition) is 1. The Morgan fingerprint density at radius 2 is 1.76 bits per heavy atom. The first-order valence-electron chi connectivity index (χ1n) is 7.03. The van der Waals surface area contributed by atoms with Crippen molar-refractivity contribution < 1.29 is 0 Å². The van der Waals surface area contributed by atoms with E-state index < -0.39 is 0 Å². The van der Waals surface area contributed by atoms with Gasteiger partial charge in [-0.2, -0.15) is 0 Å². The van der Waals surface area contributed by atoms with E-state index in [-0.39, 0.29) is 6.04 Å². The molecule has 1 atom stereocenters. The molecule has 0 saturated carbocycles. The molecule has 0 fully saturated rings. The van der Waals surface area contributed by atoms with Crippen LogP contribution in [0.1, 0.15) is 30.5 Å². The summed E-state index contributed by atoms with van der Waals surface area (Å²) in [6.07, 6.45) is 1.84. The fraction of sp³-hybridized carbons (Fsp3) is 0.294. The van der Waals surface area contributed by atoms with Crippen LogP contribution in [-0.4, -0.2) is 6.54 Å². The molecule has 112 valence electrons. The van der Waals surface area contributed by atoms with Crippen molar-refractivity contribution in [3.63, 3.8) is 0 Å². The molecule has 0 aromatic heterocycles. The Morgan fingerprint density at radius 1 is 1.00 bits per heavy atom. The first-order valence-corrected chi connectivity index (χ1v) is 8.17. The summed E-state index contributed by atoms with van der Waals surface area (Å²) in [6, 6.07) is 13.7. The van der Waals surface area contributed by atoms with Crippen molar-refractivity contribution in [1.29, 1.82) is 0 Å². The quantitative estimate of drug-likeness (QED) is 0.686. The van der Waals surface area contributed by atoms with Gasteiger partial charge >= 0.3 is 0 Å². The second-order valence-corrected chi connectivity index (χ2v) is 6.22. The van der Waals surface area contributed by atoms with Crippen LogP contribution in [0.3, 0.4) is 0 Å². The Hall–Kier alpha value is -0.730. The lowest BCUT2D eigenvalue weighted by Crippen LogP contribution is -2.24. The van der Waals surface area contributed by atoms with Gasteiger partial charge in [-0.15, -0.1) is 0 Å². The minimum atomic E-state index is 0.136. The molecule has 0 bridgehead atoms. The van der Waals surface area contributed by atoms with Crippen molar-refractivity contribution in [3.05, 3.63) is 68.7 Å². The van der Waals surface area contributed by atoms with E-state index in [1.165, 1.54) is 0 Å². The highest BCUT2D eigenvalue weighted by Crippen LogP contribution is 2.29. The van der Waals surface area contributed by atoms with Crippen molar-refractivity contribution in [1.82, 2.24) is 5.32 Å². The SMILES string of the molecule is CCCNC(Cc1ccc(Cl)cc1Cl)c1ccccc1Cl. The Labute approximate surface area is 141 Å². The second kappa shape index (κ2) is 8.05. The van der Waals surface area contributed by atoms with Crippen molar-refractivity contribution in [2.75, 3.05) is 6.54 Å². The van der Waals surface area contributed by atoms with Crippen LogP contribution in [0.5, 0.6) is 0 Å². The molecule has 0 aliphatic heterocycles. The molecule has 0 amide bonds. The van der Waals surface area contributed by atoms with Crippen LogP contribution in [-0.2, 0) is 6.42 Å².